The fraction of sp³-hybridized carbons (Fsp3) is 0.750. The lowest BCUT2D eigenvalue weighted by atomic mass is 10.2. The normalized spacial score (nSPS) is 12.5. The maximum atomic E-state index is 12.5. The van der Waals surface area contributed by atoms with Crippen molar-refractivity contribution in [2.24, 2.45) is 5.92 Å². The number of nitrogens with zero attached hydrogens (tertiary/aromatic N) is 3. The molecule has 1 rings (SSSR count). The lowest BCUT2D eigenvalue weighted by Gasteiger charge is -2.12. The van der Waals surface area contributed by atoms with Crippen LogP contribution in [0.5, 0.6) is 0 Å². The van der Waals surface area contributed by atoms with Crippen molar-refractivity contribution in [3.05, 3.63) is 11.6 Å². The van der Waals surface area contributed by atoms with E-state index in [1.54, 1.807) is 0 Å². The maximum Gasteiger partial charge on any atom is 0.451 e. The SMILES string of the molecule is CC(C)Cn1c(CCl)nnc1C(F)(F)F. The van der Waals surface area contributed by atoms with Gasteiger partial charge in [-0.15, -0.1) is 21.8 Å². The summed E-state index contributed by atoms with van der Waals surface area (Å²) in [5, 5.41) is 6.53. The molecule has 86 valence electrons. The minimum atomic E-state index is -4.48. The summed E-state index contributed by atoms with van der Waals surface area (Å²) in [5.41, 5.74) is 0. The number of aromatic nitrogens is 3. The molecule has 0 atom stereocenters. The molecule has 0 radical (unpaired) electrons. The lowest BCUT2D eigenvalue weighted by molar-refractivity contribution is -0.147. The Morgan fingerprint density at radius 2 is 1.93 bits per heavy atom. The number of halogens is 4. The van der Waals surface area contributed by atoms with Crippen molar-refractivity contribution in [1.82, 2.24) is 14.8 Å². The van der Waals surface area contributed by atoms with Gasteiger partial charge < -0.3 is 4.57 Å². The van der Waals surface area contributed by atoms with Gasteiger partial charge in [-0.25, -0.2) is 0 Å². The van der Waals surface area contributed by atoms with Gasteiger partial charge in [-0.3, -0.25) is 0 Å². The third-order valence-electron chi connectivity index (χ3n) is 1.75. The summed E-state index contributed by atoms with van der Waals surface area (Å²) in [4.78, 5) is 0. The van der Waals surface area contributed by atoms with Crippen LogP contribution >= 0.6 is 11.6 Å². The second-order valence-corrected chi connectivity index (χ2v) is 3.84. The summed E-state index contributed by atoms with van der Waals surface area (Å²) in [5.74, 6) is -0.830. The van der Waals surface area contributed by atoms with E-state index in [1.807, 2.05) is 13.8 Å². The number of hydrogen-bond acceptors (Lipinski definition) is 2. The monoisotopic (exact) mass is 241 g/mol. The molecular formula is C8H11ClF3N3. The molecule has 0 amide bonds. The zero-order valence-corrected chi connectivity index (χ0v) is 9.10. The van der Waals surface area contributed by atoms with E-state index in [4.69, 9.17) is 11.6 Å². The van der Waals surface area contributed by atoms with Crippen molar-refractivity contribution >= 4 is 11.6 Å². The van der Waals surface area contributed by atoms with Crippen molar-refractivity contribution in [3.8, 4) is 0 Å². The zero-order valence-electron chi connectivity index (χ0n) is 8.35. The molecule has 1 aromatic heterocycles. The topological polar surface area (TPSA) is 30.7 Å². The van der Waals surface area contributed by atoms with E-state index in [0.29, 0.717) is 0 Å². The van der Waals surface area contributed by atoms with Crippen LogP contribution in [0.3, 0.4) is 0 Å². The van der Waals surface area contributed by atoms with Crippen LogP contribution in [0.25, 0.3) is 0 Å². The zero-order chi connectivity index (χ0) is 11.6. The van der Waals surface area contributed by atoms with Gasteiger partial charge in [-0.05, 0) is 5.92 Å². The minimum absolute atomic E-state index is 0.0732. The molecular weight excluding hydrogens is 231 g/mol. The highest BCUT2D eigenvalue weighted by Gasteiger charge is 2.38. The van der Waals surface area contributed by atoms with Gasteiger partial charge in [0.1, 0.15) is 5.82 Å². The maximum absolute atomic E-state index is 12.5. The predicted octanol–water partition coefficient (Wildman–Crippen LogP) is 2.69. The van der Waals surface area contributed by atoms with Gasteiger partial charge in [-0.2, -0.15) is 13.2 Å². The Morgan fingerprint density at radius 3 is 2.33 bits per heavy atom. The van der Waals surface area contributed by atoms with Gasteiger partial charge >= 0.3 is 6.18 Å². The summed E-state index contributed by atoms with van der Waals surface area (Å²) in [6.45, 7) is 3.85. The molecule has 0 spiro atoms. The first-order valence-electron chi connectivity index (χ1n) is 4.41. The van der Waals surface area contributed by atoms with Gasteiger partial charge in [0.15, 0.2) is 0 Å². The van der Waals surface area contributed by atoms with Crippen molar-refractivity contribution in [3.63, 3.8) is 0 Å². The van der Waals surface area contributed by atoms with Crippen molar-refractivity contribution in [2.45, 2.75) is 32.4 Å². The summed E-state index contributed by atoms with van der Waals surface area (Å²) in [6, 6.07) is 0. The molecule has 3 nitrogen and oxygen atoms in total. The van der Waals surface area contributed by atoms with Gasteiger partial charge in [-0.1, -0.05) is 13.8 Å². The quantitative estimate of drug-likeness (QED) is 0.762. The van der Waals surface area contributed by atoms with Crippen LogP contribution in [-0.2, 0) is 18.6 Å². The second-order valence-electron chi connectivity index (χ2n) is 3.58. The molecule has 0 aliphatic heterocycles. The first-order valence-corrected chi connectivity index (χ1v) is 4.95. The summed E-state index contributed by atoms with van der Waals surface area (Å²) in [7, 11) is 0. The molecule has 0 unspecified atom stereocenters. The smallest absolute Gasteiger partial charge is 0.306 e. The number of rotatable bonds is 3. The van der Waals surface area contributed by atoms with E-state index in [2.05, 4.69) is 10.2 Å². The molecule has 0 saturated heterocycles. The Balaban J connectivity index is 3.11. The predicted molar refractivity (Wildman–Crippen MR) is 49.4 cm³/mol. The van der Waals surface area contributed by atoms with E-state index < -0.39 is 12.0 Å². The van der Waals surface area contributed by atoms with Gasteiger partial charge in [0.05, 0.1) is 5.88 Å². The van der Waals surface area contributed by atoms with Crippen LogP contribution in [0.1, 0.15) is 25.5 Å². The first kappa shape index (κ1) is 12.3. The largest absolute Gasteiger partial charge is 0.451 e. The van der Waals surface area contributed by atoms with Crippen LogP contribution in [0.4, 0.5) is 13.2 Å². The van der Waals surface area contributed by atoms with Gasteiger partial charge in [0.25, 0.3) is 0 Å². The van der Waals surface area contributed by atoms with E-state index in [0.717, 1.165) is 4.57 Å². The summed E-state index contributed by atoms with van der Waals surface area (Å²) >= 11 is 5.49. The Morgan fingerprint density at radius 1 is 1.33 bits per heavy atom. The van der Waals surface area contributed by atoms with Gasteiger partial charge in [0.2, 0.25) is 5.82 Å². The van der Waals surface area contributed by atoms with Crippen LogP contribution in [-0.4, -0.2) is 14.8 Å². The van der Waals surface area contributed by atoms with Crippen molar-refractivity contribution < 1.29 is 13.2 Å². The molecule has 0 fully saturated rings. The summed E-state index contributed by atoms with van der Waals surface area (Å²) < 4.78 is 38.5. The Labute approximate surface area is 90.2 Å². The van der Waals surface area contributed by atoms with Crippen molar-refractivity contribution in [2.75, 3.05) is 0 Å². The molecule has 1 aromatic rings. The van der Waals surface area contributed by atoms with E-state index in [1.165, 1.54) is 0 Å². The number of hydrogen-bond donors (Lipinski definition) is 0. The van der Waals surface area contributed by atoms with E-state index in [-0.39, 0.29) is 24.2 Å². The molecule has 0 aliphatic carbocycles. The average Bonchev–Trinajstić information content (AvgIpc) is 2.45. The minimum Gasteiger partial charge on any atom is -0.306 e. The first-order chi connectivity index (χ1) is 6.86. The van der Waals surface area contributed by atoms with Crippen LogP contribution < -0.4 is 0 Å². The highest BCUT2D eigenvalue weighted by molar-refractivity contribution is 6.16. The molecule has 0 bridgehead atoms. The Hall–Kier alpha value is -0.780. The molecule has 1 heterocycles. The molecule has 0 N–H and O–H groups in total. The van der Waals surface area contributed by atoms with Crippen LogP contribution in [0.15, 0.2) is 0 Å². The highest BCUT2D eigenvalue weighted by Crippen LogP contribution is 2.28. The van der Waals surface area contributed by atoms with Gasteiger partial charge in [0, 0.05) is 6.54 Å². The Bertz CT molecular complexity index is 332. The van der Waals surface area contributed by atoms with E-state index in [9.17, 15) is 13.2 Å². The molecule has 15 heavy (non-hydrogen) atoms. The fourth-order valence-corrected chi connectivity index (χ4v) is 1.40. The number of alkyl halides is 4. The van der Waals surface area contributed by atoms with Crippen LogP contribution in [0, 0.1) is 5.92 Å². The van der Waals surface area contributed by atoms with E-state index >= 15 is 0 Å². The molecule has 7 heteroatoms. The third-order valence-corrected chi connectivity index (χ3v) is 1.99. The summed E-state index contributed by atoms with van der Waals surface area (Å²) in [6.07, 6.45) is -4.48. The highest BCUT2D eigenvalue weighted by atomic mass is 35.5. The van der Waals surface area contributed by atoms with Crippen LogP contribution in [0.2, 0.25) is 0 Å². The third kappa shape index (κ3) is 2.84. The Kier molecular flexibility index (Phi) is 3.59. The molecule has 0 aliphatic rings. The lowest BCUT2D eigenvalue weighted by Crippen LogP contribution is -2.18. The average molecular weight is 242 g/mol. The molecule has 0 saturated carbocycles. The van der Waals surface area contributed by atoms with Crippen molar-refractivity contribution in [1.29, 1.82) is 0 Å². The second kappa shape index (κ2) is 4.38. The standard InChI is InChI=1S/C8H11ClF3N3/c1-5(2)4-15-6(3-9)13-14-7(15)8(10,11)12/h5H,3-4H2,1-2H3. The fourth-order valence-electron chi connectivity index (χ4n) is 1.20. The molecule has 0 aromatic carbocycles.